The van der Waals surface area contributed by atoms with Crippen molar-refractivity contribution in [1.29, 1.82) is 5.26 Å². The Morgan fingerprint density at radius 3 is 2.53 bits per heavy atom. The molecule has 2 aromatic carbocycles. The first-order valence-corrected chi connectivity index (χ1v) is 12.2. The van der Waals surface area contributed by atoms with Gasteiger partial charge in [-0.1, -0.05) is 23.2 Å². The third kappa shape index (κ3) is 5.88. The Balaban J connectivity index is 1.51. The topological polar surface area (TPSA) is 82.9 Å². The van der Waals surface area contributed by atoms with E-state index in [9.17, 15) is 5.26 Å². The van der Waals surface area contributed by atoms with E-state index in [-0.39, 0.29) is 0 Å². The number of anilines is 2. The summed E-state index contributed by atoms with van der Waals surface area (Å²) in [5.41, 5.74) is 2.00. The van der Waals surface area contributed by atoms with Crippen molar-refractivity contribution in [3.8, 4) is 23.3 Å². The van der Waals surface area contributed by atoms with Crippen LogP contribution in [0.1, 0.15) is 14.7 Å². The van der Waals surface area contributed by atoms with Crippen molar-refractivity contribution in [1.82, 2.24) is 14.8 Å². The molecule has 0 amide bonds. The molecule has 4 rings (SSSR count). The normalized spacial score (nSPS) is 15.3. The molecule has 0 radical (unpaired) electrons. The van der Waals surface area contributed by atoms with Crippen LogP contribution in [0.3, 0.4) is 0 Å². The quantitative estimate of drug-likeness (QED) is 0.377. The SMILES string of the molecule is [2H]C([2H])N1CCN(CCCOc2cc3ncc(C#N)c(Nc4cc(OC)c(Cl)cc4Cl)c3cc2OC)CC1. The van der Waals surface area contributed by atoms with E-state index in [1.54, 1.807) is 31.4 Å². The lowest BCUT2D eigenvalue weighted by Gasteiger charge is -2.32. The number of hydrogen-bond donors (Lipinski definition) is 1. The van der Waals surface area contributed by atoms with E-state index < -0.39 is 7.00 Å². The second-order valence-corrected chi connectivity index (χ2v) is 9.16. The Kier molecular flexibility index (Phi) is 7.72. The molecule has 1 fully saturated rings. The van der Waals surface area contributed by atoms with E-state index in [4.69, 9.17) is 40.2 Å². The number of nitriles is 1. The van der Waals surface area contributed by atoms with E-state index in [0.717, 1.165) is 39.1 Å². The van der Waals surface area contributed by atoms with Gasteiger partial charge in [0.25, 0.3) is 0 Å². The van der Waals surface area contributed by atoms with Gasteiger partial charge in [-0.3, -0.25) is 4.98 Å². The predicted octanol–water partition coefficient (Wildman–Crippen LogP) is 5.19. The van der Waals surface area contributed by atoms with Gasteiger partial charge in [0.15, 0.2) is 11.5 Å². The van der Waals surface area contributed by atoms with E-state index in [2.05, 4.69) is 21.3 Å². The van der Waals surface area contributed by atoms with Crippen LogP contribution in [0, 0.1) is 11.3 Å². The van der Waals surface area contributed by atoms with Gasteiger partial charge in [0.05, 0.1) is 53.3 Å². The molecule has 0 unspecified atom stereocenters. The summed E-state index contributed by atoms with van der Waals surface area (Å²) >= 11 is 12.6. The van der Waals surface area contributed by atoms with Gasteiger partial charge in [-0.05, 0) is 25.6 Å². The van der Waals surface area contributed by atoms with Crippen LogP contribution in [0.5, 0.6) is 17.2 Å². The lowest BCUT2D eigenvalue weighted by Crippen LogP contribution is -2.44. The van der Waals surface area contributed by atoms with Crippen LogP contribution in [0.4, 0.5) is 11.4 Å². The molecule has 2 heterocycles. The fraction of sp³-hybridized carbons (Fsp3) is 0.385. The summed E-state index contributed by atoms with van der Waals surface area (Å²) in [7, 11) is 3.08. The maximum Gasteiger partial charge on any atom is 0.163 e. The van der Waals surface area contributed by atoms with Crippen molar-refractivity contribution in [2.45, 2.75) is 6.42 Å². The Morgan fingerprint density at radius 2 is 1.83 bits per heavy atom. The maximum atomic E-state index is 9.75. The average molecular weight is 532 g/mol. The maximum absolute atomic E-state index is 9.75. The van der Waals surface area contributed by atoms with Gasteiger partial charge >= 0.3 is 0 Å². The Hall–Kier alpha value is -2.96. The molecule has 1 N–H and O–H groups in total. The molecule has 3 aromatic rings. The summed E-state index contributed by atoms with van der Waals surface area (Å²) in [4.78, 5) is 8.63. The van der Waals surface area contributed by atoms with E-state index in [1.807, 2.05) is 4.90 Å². The molecular weight excluding hydrogens is 501 g/mol. The van der Waals surface area contributed by atoms with Crippen molar-refractivity contribution in [2.75, 3.05) is 65.9 Å². The van der Waals surface area contributed by atoms with Crippen molar-refractivity contribution in [3.05, 3.63) is 46.1 Å². The van der Waals surface area contributed by atoms with Gasteiger partial charge in [-0.15, -0.1) is 0 Å². The zero-order valence-electron chi connectivity index (χ0n) is 22.2. The minimum absolute atomic E-state index is 0.334. The minimum Gasteiger partial charge on any atom is -0.495 e. The number of ether oxygens (including phenoxy) is 3. The Bertz CT molecular complexity index is 1330. The van der Waals surface area contributed by atoms with Crippen molar-refractivity contribution >= 4 is 45.5 Å². The van der Waals surface area contributed by atoms with Gasteiger partial charge in [0, 0.05) is 59.2 Å². The lowest BCUT2D eigenvalue weighted by molar-refractivity contribution is 0.145. The molecule has 1 aliphatic rings. The molecule has 0 atom stereocenters. The minimum atomic E-state index is -0.902. The van der Waals surface area contributed by atoms with Gasteiger partial charge in [0.1, 0.15) is 11.8 Å². The molecule has 8 nitrogen and oxygen atoms in total. The number of methoxy groups -OCH3 is 2. The number of benzene rings is 2. The number of hydrogen-bond acceptors (Lipinski definition) is 8. The molecule has 36 heavy (non-hydrogen) atoms. The highest BCUT2D eigenvalue weighted by Crippen LogP contribution is 2.40. The zero-order valence-corrected chi connectivity index (χ0v) is 21.7. The summed E-state index contributed by atoms with van der Waals surface area (Å²) in [6, 6.07) is 9.01. The molecule has 1 aliphatic heterocycles. The summed E-state index contributed by atoms with van der Waals surface area (Å²) in [6.07, 6.45) is 2.32. The average Bonchev–Trinajstić information content (AvgIpc) is 2.92. The third-order valence-corrected chi connectivity index (χ3v) is 6.67. The smallest absolute Gasteiger partial charge is 0.163 e. The molecular formula is C26H29Cl2N5O3. The van der Waals surface area contributed by atoms with Crippen LogP contribution >= 0.6 is 23.2 Å². The molecule has 0 spiro atoms. The summed E-state index contributed by atoms with van der Waals surface area (Å²) < 4.78 is 32.0. The number of piperazine rings is 1. The first-order valence-electron chi connectivity index (χ1n) is 12.6. The highest BCUT2D eigenvalue weighted by atomic mass is 35.5. The summed E-state index contributed by atoms with van der Waals surface area (Å²) in [6.45, 7) is 3.61. The van der Waals surface area contributed by atoms with Crippen LogP contribution < -0.4 is 19.5 Å². The molecule has 1 aromatic heterocycles. The van der Waals surface area contributed by atoms with Gasteiger partial charge in [-0.2, -0.15) is 5.26 Å². The van der Waals surface area contributed by atoms with Crippen LogP contribution in [0.2, 0.25) is 10.0 Å². The van der Waals surface area contributed by atoms with Crippen molar-refractivity contribution in [3.63, 3.8) is 0 Å². The number of aromatic nitrogens is 1. The van der Waals surface area contributed by atoms with Crippen LogP contribution in [-0.2, 0) is 0 Å². The van der Waals surface area contributed by atoms with E-state index in [1.165, 1.54) is 13.3 Å². The summed E-state index contributed by atoms with van der Waals surface area (Å²) in [5, 5.41) is 14.4. The molecule has 0 bridgehead atoms. The first kappa shape index (κ1) is 23.4. The number of nitrogens with one attached hydrogen (secondary N) is 1. The van der Waals surface area contributed by atoms with Gasteiger partial charge < -0.3 is 29.3 Å². The molecule has 1 saturated heterocycles. The zero-order chi connectivity index (χ0) is 27.2. The molecule has 0 aliphatic carbocycles. The van der Waals surface area contributed by atoms with Gasteiger partial charge in [-0.25, -0.2) is 0 Å². The van der Waals surface area contributed by atoms with E-state index >= 15 is 0 Å². The van der Waals surface area contributed by atoms with Gasteiger partial charge in [0.2, 0.25) is 0 Å². The second-order valence-electron chi connectivity index (χ2n) is 8.35. The van der Waals surface area contributed by atoms with Crippen LogP contribution in [0.15, 0.2) is 30.5 Å². The highest BCUT2D eigenvalue weighted by Gasteiger charge is 2.17. The van der Waals surface area contributed by atoms with Crippen molar-refractivity contribution in [2.24, 2.45) is 0 Å². The fourth-order valence-corrected chi connectivity index (χ4v) is 4.57. The molecule has 0 saturated carbocycles. The van der Waals surface area contributed by atoms with Crippen molar-refractivity contribution < 1.29 is 17.0 Å². The highest BCUT2D eigenvalue weighted by molar-refractivity contribution is 6.37. The first-order chi connectivity index (χ1) is 18.3. The number of likely N-dealkylation sites (N-methyl/N-ethyl adjacent to an activating group) is 1. The molecule has 10 heteroatoms. The van der Waals surface area contributed by atoms with Crippen LogP contribution in [-0.4, -0.2) is 75.3 Å². The van der Waals surface area contributed by atoms with E-state index in [0.29, 0.717) is 61.7 Å². The summed E-state index contributed by atoms with van der Waals surface area (Å²) in [5.74, 6) is 1.52. The number of pyridine rings is 1. The second kappa shape index (κ2) is 11.8. The number of fused-ring (bicyclic) bond motifs is 1. The Morgan fingerprint density at radius 1 is 1.06 bits per heavy atom. The lowest BCUT2D eigenvalue weighted by atomic mass is 10.1. The standard InChI is InChI=1S/C26H29Cl2N5O3/c1-32-6-8-33(9-7-32)5-4-10-36-25-13-21-18(11-24(25)35-3)26(17(15-29)16-30-21)31-22-14-23(34-2)20(28)12-19(22)27/h11-14,16H,4-10H2,1-3H3,(H,30,31)/i1D2. The number of rotatable bonds is 9. The Labute approximate surface area is 224 Å². The predicted molar refractivity (Wildman–Crippen MR) is 143 cm³/mol. The number of nitrogens with zero attached hydrogens (tertiary/aromatic N) is 4. The monoisotopic (exact) mass is 531 g/mol. The van der Waals surface area contributed by atoms with Crippen LogP contribution in [0.25, 0.3) is 10.9 Å². The third-order valence-electron chi connectivity index (χ3n) is 6.06. The largest absolute Gasteiger partial charge is 0.495 e. The fourth-order valence-electron chi connectivity index (χ4n) is 4.06. The number of halogens is 2. The molecule has 190 valence electrons.